The molecule has 0 atom stereocenters. The van der Waals surface area contributed by atoms with Crippen LogP contribution in [0.25, 0.3) is 0 Å². The smallest absolute Gasteiger partial charge is 0.236 e. The highest BCUT2D eigenvalue weighted by molar-refractivity contribution is 5.78. The molecule has 2 saturated heterocycles. The van der Waals surface area contributed by atoms with Crippen LogP contribution in [0.3, 0.4) is 0 Å². The number of likely N-dealkylation sites (tertiary alicyclic amines) is 2. The maximum Gasteiger partial charge on any atom is 0.236 e. The number of hydrogen-bond donors (Lipinski definition) is 0. The molecule has 0 aromatic rings. The lowest BCUT2D eigenvalue weighted by molar-refractivity contribution is -0.133. The molecule has 2 aliphatic heterocycles. The van der Waals surface area contributed by atoms with Crippen LogP contribution in [0.1, 0.15) is 32.1 Å². The molecule has 4 nitrogen and oxygen atoms in total. The molecule has 0 aliphatic carbocycles. The maximum atomic E-state index is 12.2. The Balaban J connectivity index is 1.75. The van der Waals surface area contributed by atoms with Gasteiger partial charge in [-0.05, 0) is 59.3 Å². The second kappa shape index (κ2) is 6.53. The first-order chi connectivity index (χ1) is 8.66. The van der Waals surface area contributed by atoms with Gasteiger partial charge in [-0.25, -0.2) is 0 Å². The van der Waals surface area contributed by atoms with Gasteiger partial charge in [0, 0.05) is 19.1 Å². The quantitative estimate of drug-likeness (QED) is 0.751. The van der Waals surface area contributed by atoms with Crippen molar-refractivity contribution in [3.63, 3.8) is 0 Å². The minimum Gasteiger partial charge on any atom is -0.342 e. The number of nitrogens with zero attached hydrogens (tertiary/aromatic N) is 3. The van der Waals surface area contributed by atoms with Gasteiger partial charge in [-0.3, -0.25) is 9.69 Å². The van der Waals surface area contributed by atoms with E-state index in [0.29, 0.717) is 18.5 Å². The van der Waals surface area contributed by atoms with Crippen molar-refractivity contribution in [1.82, 2.24) is 14.7 Å². The van der Waals surface area contributed by atoms with Gasteiger partial charge in [-0.2, -0.15) is 0 Å². The highest BCUT2D eigenvalue weighted by atomic mass is 16.2. The van der Waals surface area contributed by atoms with Crippen LogP contribution < -0.4 is 0 Å². The Morgan fingerprint density at radius 1 is 1.11 bits per heavy atom. The van der Waals surface area contributed by atoms with Gasteiger partial charge < -0.3 is 9.80 Å². The summed E-state index contributed by atoms with van der Waals surface area (Å²) in [7, 11) is 4.28. The molecule has 2 rings (SSSR count). The third kappa shape index (κ3) is 3.69. The highest BCUT2D eigenvalue weighted by Crippen LogP contribution is 2.15. The average molecular weight is 253 g/mol. The van der Waals surface area contributed by atoms with Crippen molar-refractivity contribution in [2.45, 2.75) is 38.1 Å². The summed E-state index contributed by atoms with van der Waals surface area (Å²) in [6.07, 6.45) is 6.04. The van der Waals surface area contributed by atoms with Gasteiger partial charge >= 0.3 is 0 Å². The summed E-state index contributed by atoms with van der Waals surface area (Å²) in [5.41, 5.74) is 0. The second-order valence-corrected chi connectivity index (χ2v) is 5.89. The molecular weight excluding hydrogens is 226 g/mol. The Morgan fingerprint density at radius 2 is 1.72 bits per heavy atom. The van der Waals surface area contributed by atoms with Crippen molar-refractivity contribution in [2.75, 3.05) is 46.8 Å². The van der Waals surface area contributed by atoms with E-state index in [0.717, 1.165) is 26.2 Å². The number of piperidine rings is 2. The molecule has 0 spiro atoms. The number of amides is 1. The molecule has 0 N–H and O–H groups in total. The van der Waals surface area contributed by atoms with E-state index in [1.807, 2.05) is 0 Å². The van der Waals surface area contributed by atoms with Gasteiger partial charge in [0.25, 0.3) is 0 Å². The Hall–Kier alpha value is -0.610. The largest absolute Gasteiger partial charge is 0.342 e. The van der Waals surface area contributed by atoms with Crippen LogP contribution in [0, 0.1) is 0 Å². The standard InChI is InChI=1S/C14H27N3O/c1-15-10-6-13(7-11-15)16(2)12-14(18)17-8-4-3-5-9-17/h13H,3-12H2,1-2H3. The minimum absolute atomic E-state index is 0.330. The fourth-order valence-corrected chi connectivity index (χ4v) is 3.02. The molecule has 104 valence electrons. The lowest BCUT2D eigenvalue weighted by atomic mass is 10.0. The van der Waals surface area contributed by atoms with Crippen LogP contribution in [0.15, 0.2) is 0 Å². The normalized spacial score (nSPS) is 23.6. The summed E-state index contributed by atoms with van der Waals surface area (Å²) < 4.78 is 0. The van der Waals surface area contributed by atoms with Gasteiger partial charge in [0.05, 0.1) is 6.54 Å². The number of rotatable bonds is 3. The van der Waals surface area contributed by atoms with Crippen molar-refractivity contribution >= 4 is 5.91 Å². The predicted molar refractivity (Wildman–Crippen MR) is 73.6 cm³/mol. The summed E-state index contributed by atoms with van der Waals surface area (Å²) in [6, 6.07) is 0.593. The molecule has 2 aliphatic rings. The van der Waals surface area contributed by atoms with Crippen molar-refractivity contribution in [3.8, 4) is 0 Å². The van der Waals surface area contributed by atoms with Crippen molar-refractivity contribution in [1.29, 1.82) is 0 Å². The fourth-order valence-electron chi connectivity index (χ4n) is 3.02. The molecule has 0 aromatic heterocycles. The highest BCUT2D eigenvalue weighted by Gasteiger charge is 2.24. The molecule has 18 heavy (non-hydrogen) atoms. The van der Waals surface area contributed by atoms with E-state index in [9.17, 15) is 4.79 Å². The summed E-state index contributed by atoms with van der Waals surface area (Å²) in [6.45, 7) is 4.87. The van der Waals surface area contributed by atoms with E-state index in [1.165, 1.54) is 32.1 Å². The zero-order valence-electron chi connectivity index (χ0n) is 11.9. The van der Waals surface area contributed by atoms with Crippen LogP contribution in [0.4, 0.5) is 0 Å². The summed E-state index contributed by atoms with van der Waals surface area (Å²) in [5.74, 6) is 0.330. The molecule has 2 fully saturated rings. The Bertz CT molecular complexity index is 268. The molecule has 0 aromatic carbocycles. The lowest BCUT2D eigenvalue weighted by Crippen LogP contribution is -2.47. The monoisotopic (exact) mass is 253 g/mol. The summed E-state index contributed by atoms with van der Waals surface area (Å²) >= 11 is 0. The van der Waals surface area contributed by atoms with E-state index >= 15 is 0 Å². The van der Waals surface area contributed by atoms with E-state index < -0.39 is 0 Å². The molecule has 0 saturated carbocycles. The molecule has 0 bridgehead atoms. The van der Waals surface area contributed by atoms with E-state index in [2.05, 4.69) is 28.8 Å². The van der Waals surface area contributed by atoms with Gasteiger partial charge in [0.15, 0.2) is 0 Å². The van der Waals surface area contributed by atoms with Gasteiger partial charge in [-0.1, -0.05) is 0 Å². The van der Waals surface area contributed by atoms with Crippen LogP contribution in [0.5, 0.6) is 0 Å². The van der Waals surface area contributed by atoms with Crippen LogP contribution in [0.2, 0.25) is 0 Å². The first-order valence-electron chi connectivity index (χ1n) is 7.33. The Morgan fingerprint density at radius 3 is 2.33 bits per heavy atom. The fraction of sp³-hybridized carbons (Fsp3) is 0.929. The zero-order valence-corrected chi connectivity index (χ0v) is 11.9. The summed E-state index contributed by atoms with van der Waals surface area (Å²) in [4.78, 5) is 18.9. The first-order valence-corrected chi connectivity index (χ1v) is 7.33. The summed E-state index contributed by atoms with van der Waals surface area (Å²) in [5, 5.41) is 0. The van der Waals surface area contributed by atoms with Crippen LogP contribution in [-0.2, 0) is 4.79 Å². The maximum absolute atomic E-state index is 12.2. The molecule has 0 unspecified atom stereocenters. The second-order valence-electron chi connectivity index (χ2n) is 5.89. The van der Waals surface area contributed by atoms with Crippen LogP contribution >= 0.6 is 0 Å². The Labute approximate surface area is 111 Å². The number of carbonyl (C=O) groups is 1. The third-order valence-electron chi connectivity index (χ3n) is 4.40. The zero-order chi connectivity index (χ0) is 13.0. The van der Waals surface area contributed by atoms with E-state index in [4.69, 9.17) is 0 Å². The van der Waals surface area contributed by atoms with E-state index in [1.54, 1.807) is 0 Å². The van der Waals surface area contributed by atoms with Gasteiger partial charge in [0.2, 0.25) is 5.91 Å². The number of hydrogen-bond acceptors (Lipinski definition) is 3. The van der Waals surface area contributed by atoms with Crippen molar-refractivity contribution in [2.24, 2.45) is 0 Å². The van der Waals surface area contributed by atoms with Crippen molar-refractivity contribution < 1.29 is 4.79 Å². The van der Waals surface area contributed by atoms with Crippen molar-refractivity contribution in [3.05, 3.63) is 0 Å². The van der Waals surface area contributed by atoms with Gasteiger partial charge in [-0.15, -0.1) is 0 Å². The third-order valence-corrected chi connectivity index (χ3v) is 4.40. The Kier molecular flexibility index (Phi) is 5.01. The molecule has 0 radical (unpaired) electrons. The molecule has 1 amide bonds. The van der Waals surface area contributed by atoms with Gasteiger partial charge in [0.1, 0.15) is 0 Å². The van der Waals surface area contributed by atoms with E-state index in [-0.39, 0.29) is 0 Å². The first kappa shape index (κ1) is 13.8. The molecule has 2 heterocycles. The number of carbonyl (C=O) groups excluding carboxylic acids is 1. The topological polar surface area (TPSA) is 26.8 Å². The lowest BCUT2D eigenvalue weighted by Gasteiger charge is -2.36. The molecular formula is C14H27N3O. The molecule has 4 heteroatoms. The number of likely N-dealkylation sites (N-methyl/N-ethyl adjacent to an activating group) is 1. The minimum atomic E-state index is 0.330. The average Bonchev–Trinajstić information content (AvgIpc) is 2.40. The SMILES string of the molecule is CN1CCC(N(C)CC(=O)N2CCCCC2)CC1. The predicted octanol–water partition coefficient (Wildman–Crippen LogP) is 1.02. The van der Waals surface area contributed by atoms with Crippen LogP contribution in [-0.4, -0.2) is 73.5 Å².